The fourth-order valence-electron chi connectivity index (χ4n) is 3.98. The average molecular weight is 436 g/mol. The summed E-state index contributed by atoms with van der Waals surface area (Å²) in [7, 11) is -3.20. The van der Waals surface area contributed by atoms with E-state index in [0.717, 1.165) is 49.5 Å². The Bertz CT molecular complexity index is 947. The van der Waals surface area contributed by atoms with Gasteiger partial charge in [-0.25, -0.2) is 8.42 Å². The highest BCUT2D eigenvalue weighted by atomic mass is 32.2. The number of anilines is 1. The number of rotatable bonds is 8. The first-order chi connectivity index (χ1) is 14.1. The van der Waals surface area contributed by atoms with E-state index >= 15 is 0 Å². The van der Waals surface area contributed by atoms with Gasteiger partial charge < -0.3 is 14.2 Å². The van der Waals surface area contributed by atoms with E-state index in [9.17, 15) is 8.42 Å². The Labute approximate surface area is 179 Å². The van der Waals surface area contributed by atoms with Gasteiger partial charge in [-0.3, -0.25) is 0 Å². The van der Waals surface area contributed by atoms with Crippen molar-refractivity contribution in [2.75, 3.05) is 30.9 Å². The smallest absolute Gasteiger partial charge is 0.324 e. The standard InChI is InChI=1S/C22H33N3O4S/c1-15(2)21-23-22(29-24-21)25-11-8-18(9-12-25)16(3)10-13-28-19-6-7-20(17(4)14-19)30(5,26)27/h6-7,14-16,18H,8-13H2,1-5H3. The van der Waals surface area contributed by atoms with Gasteiger partial charge in [0.15, 0.2) is 15.7 Å². The van der Waals surface area contributed by atoms with Crippen molar-refractivity contribution in [2.45, 2.75) is 57.8 Å². The van der Waals surface area contributed by atoms with Crippen molar-refractivity contribution in [3.8, 4) is 5.75 Å². The van der Waals surface area contributed by atoms with Crippen molar-refractivity contribution < 1.29 is 17.7 Å². The Morgan fingerprint density at radius 2 is 1.93 bits per heavy atom. The van der Waals surface area contributed by atoms with E-state index in [4.69, 9.17) is 9.26 Å². The van der Waals surface area contributed by atoms with Gasteiger partial charge in [-0.1, -0.05) is 25.9 Å². The lowest BCUT2D eigenvalue weighted by Gasteiger charge is -2.33. The van der Waals surface area contributed by atoms with Crippen LogP contribution in [0.5, 0.6) is 5.75 Å². The Morgan fingerprint density at radius 3 is 2.50 bits per heavy atom. The summed E-state index contributed by atoms with van der Waals surface area (Å²) in [5.74, 6) is 2.95. The molecule has 1 aromatic heterocycles. The third-order valence-corrected chi connectivity index (χ3v) is 7.21. The van der Waals surface area contributed by atoms with Crippen LogP contribution in [0.15, 0.2) is 27.6 Å². The third-order valence-electron chi connectivity index (χ3n) is 5.95. The highest BCUT2D eigenvalue weighted by Crippen LogP contribution is 2.30. The van der Waals surface area contributed by atoms with E-state index in [1.54, 1.807) is 25.1 Å². The monoisotopic (exact) mass is 435 g/mol. The van der Waals surface area contributed by atoms with Gasteiger partial charge >= 0.3 is 6.01 Å². The van der Waals surface area contributed by atoms with E-state index in [1.807, 2.05) is 0 Å². The summed E-state index contributed by atoms with van der Waals surface area (Å²) in [6.45, 7) is 10.7. The van der Waals surface area contributed by atoms with Crippen LogP contribution < -0.4 is 9.64 Å². The number of sulfone groups is 1. The molecule has 0 aliphatic carbocycles. The molecule has 0 radical (unpaired) electrons. The van der Waals surface area contributed by atoms with Crippen LogP contribution in [0.4, 0.5) is 6.01 Å². The molecule has 1 fully saturated rings. The summed E-state index contributed by atoms with van der Waals surface area (Å²) in [5, 5.41) is 4.06. The van der Waals surface area contributed by atoms with Crippen LogP contribution >= 0.6 is 0 Å². The molecule has 1 aromatic carbocycles. The predicted octanol–water partition coefficient (Wildman–Crippen LogP) is 4.23. The number of aromatic nitrogens is 2. The predicted molar refractivity (Wildman–Crippen MR) is 117 cm³/mol. The van der Waals surface area contributed by atoms with Crippen molar-refractivity contribution in [1.29, 1.82) is 0 Å². The SMILES string of the molecule is Cc1cc(OCCC(C)C2CCN(c3nc(C(C)C)no3)CC2)ccc1S(C)(=O)=O. The summed E-state index contributed by atoms with van der Waals surface area (Å²) >= 11 is 0. The lowest BCUT2D eigenvalue weighted by atomic mass is 9.84. The molecule has 0 spiro atoms. The summed E-state index contributed by atoms with van der Waals surface area (Å²) < 4.78 is 34.8. The normalized spacial score (nSPS) is 16.8. The number of aryl methyl sites for hydroxylation is 1. The fraction of sp³-hybridized carbons (Fsp3) is 0.636. The van der Waals surface area contributed by atoms with Crippen molar-refractivity contribution in [3.63, 3.8) is 0 Å². The van der Waals surface area contributed by atoms with E-state index in [1.165, 1.54) is 6.26 Å². The molecule has 0 saturated carbocycles. The topological polar surface area (TPSA) is 85.5 Å². The number of benzene rings is 1. The maximum absolute atomic E-state index is 11.7. The minimum absolute atomic E-state index is 0.270. The number of hydrogen-bond donors (Lipinski definition) is 0. The maximum atomic E-state index is 11.7. The van der Waals surface area contributed by atoms with Gasteiger partial charge in [-0.15, -0.1) is 0 Å². The van der Waals surface area contributed by atoms with Crippen molar-refractivity contribution in [2.24, 2.45) is 11.8 Å². The molecule has 2 aromatic rings. The molecule has 0 amide bonds. The molecule has 30 heavy (non-hydrogen) atoms. The second-order valence-electron chi connectivity index (χ2n) is 8.73. The van der Waals surface area contributed by atoms with Gasteiger partial charge in [-0.2, -0.15) is 4.98 Å². The zero-order valence-electron chi connectivity index (χ0n) is 18.6. The number of piperidine rings is 1. The first-order valence-corrected chi connectivity index (χ1v) is 12.6. The van der Waals surface area contributed by atoms with Gasteiger partial charge in [0.1, 0.15) is 5.75 Å². The first kappa shape index (κ1) is 22.6. The first-order valence-electron chi connectivity index (χ1n) is 10.7. The van der Waals surface area contributed by atoms with Gasteiger partial charge in [0.25, 0.3) is 0 Å². The second-order valence-corrected chi connectivity index (χ2v) is 10.7. The van der Waals surface area contributed by atoms with E-state index in [0.29, 0.717) is 29.4 Å². The fourth-order valence-corrected chi connectivity index (χ4v) is 4.93. The molecule has 166 valence electrons. The summed E-state index contributed by atoms with van der Waals surface area (Å²) in [4.78, 5) is 7.05. The minimum Gasteiger partial charge on any atom is -0.494 e. The zero-order valence-corrected chi connectivity index (χ0v) is 19.4. The van der Waals surface area contributed by atoms with Crippen LogP contribution in [0.1, 0.15) is 57.3 Å². The van der Waals surface area contributed by atoms with Gasteiger partial charge in [-0.05, 0) is 61.8 Å². The zero-order chi connectivity index (χ0) is 21.9. The molecule has 3 rings (SSSR count). The molecule has 0 N–H and O–H groups in total. The third kappa shape index (κ3) is 5.53. The number of hydrogen-bond acceptors (Lipinski definition) is 7. The van der Waals surface area contributed by atoms with Crippen molar-refractivity contribution >= 4 is 15.9 Å². The minimum atomic E-state index is -3.20. The van der Waals surface area contributed by atoms with Gasteiger partial charge in [0.05, 0.1) is 11.5 Å². The van der Waals surface area contributed by atoms with E-state index in [-0.39, 0.29) is 5.92 Å². The van der Waals surface area contributed by atoms with Crippen LogP contribution in [0.2, 0.25) is 0 Å². The van der Waals surface area contributed by atoms with Gasteiger partial charge in [0, 0.05) is 25.3 Å². The Morgan fingerprint density at radius 1 is 1.23 bits per heavy atom. The maximum Gasteiger partial charge on any atom is 0.324 e. The molecule has 1 unspecified atom stereocenters. The van der Waals surface area contributed by atoms with Crippen LogP contribution in [0.25, 0.3) is 0 Å². The summed E-state index contributed by atoms with van der Waals surface area (Å²) in [6, 6.07) is 5.81. The molecule has 0 bridgehead atoms. The average Bonchev–Trinajstić information content (AvgIpc) is 3.18. The van der Waals surface area contributed by atoms with E-state index < -0.39 is 9.84 Å². The van der Waals surface area contributed by atoms with Crippen LogP contribution in [0.3, 0.4) is 0 Å². The Balaban J connectivity index is 1.45. The van der Waals surface area contributed by atoms with Crippen LogP contribution in [0, 0.1) is 18.8 Å². The molecular weight excluding hydrogens is 402 g/mol. The van der Waals surface area contributed by atoms with Crippen molar-refractivity contribution in [1.82, 2.24) is 10.1 Å². The molecule has 1 atom stereocenters. The molecule has 8 heteroatoms. The van der Waals surface area contributed by atoms with Gasteiger partial charge in [0.2, 0.25) is 0 Å². The van der Waals surface area contributed by atoms with Crippen LogP contribution in [-0.4, -0.2) is 44.5 Å². The second kappa shape index (κ2) is 9.37. The lowest BCUT2D eigenvalue weighted by molar-refractivity contribution is 0.220. The highest BCUT2D eigenvalue weighted by molar-refractivity contribution is 7.90. The molecule has 1 aliphatic heterocycles. The molecular formula is C22H33N3O4S. The quantitative estimate of drug-likeness (QED) is 0.613. The Hall–Kier alpha value is -2.09. The van der Waals surface area contributed by atoms with Crippen LogP contribution in [-0.2, 0) is 9.84 Å². The largest absolute Gasteiger partial charge is 0.494 e. The molecule has 7 nitrogen and oxygen atoms in total. The van der Waals surface area contributed by atoms with Crippen molar-refractivity contribution in [3.05, 3.63) is 29.6 Å². The Kier molecular flexibility index (Phi) is 7.06. The summed E-state index contributed by atoms with van der Waals surface area (Å²) in [6.07, 6.45) is 4.39. The molecule has 2 heterocycles. The number of ether oxygens (including phenoxy) is 1. The molecule has 1 aliphatic rings. The molecule has 1 saturated heterocycles. The summed E-state index contributed by atoms with van der Waals surface area (Å²) in [5.41, 5.74) is 0.720. The van der Waals surface area contributed by atoms with E-state index in [2.05, 4.69) is 35.8 Å². The number of nitrogens with zero attached hydrogens (tertiary/aromatic N) is 3. The highest BCUT2D eigenvalue weighted by Gasteiger charge is 2.26. The lowest BCUT2D eigenvalue weighted by Crippen LogP contribution is -2.36.